The molecule has 0 spiro atoms. The first-order valence-corrected chi connectivity index (χ1v) is 9.70. The quantitative estimate of drug-likeness (QED) is 0.356. The molecule has 3 nitrogen and oxygen atoms in total. The van der Waals surface area contributed by atoms with Gasteiger partial charge < -0.3 is 9.84 Å². The molecule has 1 aromatic carbocycles. The fourth-order valence-corrected chi connectivity index (χ4v) is 0.973. The number of hydrogen-bond donors (Lipinski definition) is 1. The van der Waals surface area contributed by atoms with E-state index in [4.69, 9.17) is 24.2 Å². The molecule has 0 amide bonds. The number of carbonyl (C=O) groups is 1. The molecule has 0 aliphatic carbocycles. The van der Waals surface area contributed by atoms with Crippen LogP contribution >= 0.6 is 28.3 Å². The summed E-state index contributed by atoms with van der Waals surface area (Å²) in [4.78, 5) is 10.5. The normalized spacial score (nSPS) is 8.47. The van der Waals surface area contributed by atoms with Gasteiger partial charge >= 0.3 is 41.0 Å². The molecular weight excluding hydrogens is 400 g/mol. The van der Waals surface area contributed by atoms with E-state index in [1.807, 2.05) is 30.3 Å². The molecule has 112 valence electrons. The zero-order chi connectivity index (χ0) is 15.1. The number of carbonyl (C=O) groups excluding carboxylic acids is 1. The van der Waals surface area contributed by atoms with Gasteiger partial charge in [0, 0.05) is 0 Å². The molecule has 0 fully saturated rings. The Bertz CT molecular complexity index is 350. The summed E-state index contributed by atoms with van der Waals surface area (Å²) < 4.78 is 4.50. The molecule has 0 heterocycles. The van der Waals surface area contributed by atoms with Crippen LogP contribution in [-0.4, -0.2) is 24.3 Å². The van der Waals surface area contributed by atoms with Crippen LogP contribution in [0.15, 0.2) is 42.5 Å². The topological polar surface area (TPSA) is 46.5 Å². The van der Waals surface area contributed by atoms with E-state index in [-0.39, 0.29) is 28.1 Å². The van der Waals surface area contributed by atoms with Crippen molar-refractivity contribution in [3.63, 3.8) is 0 Å². The minimum absolute atomic E-state index is 0.0943. The molecule has 19 heavy (non-hydrogen) atoms. The summed E-state index contributed by atoms with van der Waals surface area (Å²) in [7, 11) is 12.3. The Morgan fingerprint density at radius 1 is 1.42 bits per heavy atom. The van der Waals surface area contributed by atoms with Crippen molar-refractivity contribution in [1.82, 2.24) is 0 Å². The van der Waals surface area contributed by atoms with Gasteiger partial charge in [-0.1, -0.05) is 36.9 Å². The van der Waals surface area contributed by atoms with E-state index in [0.717, 1.165) is 0 Å². The number of ether oxygens (including phenoxy) is 1. The number of benzene rings is 1. The third kappa shape index (κ3) is 16.0. The molecule has 1 rings (SSSR count). The Kier molecular flexibility index (Phi) is 18.1. The first-order chi connectivity index (χ1) is 9.03. The number of rotatable bonds is 3. The van der Waals surface area contributed by atoms with Crippen LogP contribution in [0.25, 0.3) is 0 Å². The van der Waals surface area contributed by atoms with Gasteiger partial charge in [-0.05, 0) is 12.2 Å². The van der Waals surface area contributed by atoms with Crippen LogP contribution in [0.5, 0.6) is 0 Å². The third-order valence-corrected chi connectivity index (χ3v) is 1.94. The number of aliphatic hydroxyl groups excluding tert-OH is 1. The SMILES string of the molecule is C=C(CO)C(=O)OCC.Pc1ccccc1.[Cl][Pd][Cl]. The van der Waals surface area contributed by atoms with Gasteiger partial charge in [-0.2, -0.15) is 0 Å². The molecule has 0 aliphatic rings. The van der Waals surface area contributed by atoms with E-state index >= 15 is 0 Å². The average Bonchev–Trinajstić information content (AvgIpc) is 2.40. The predicted octanol–water partition coefficient (Wildman–Crippen LogP) is 2.66. The number of aliphatic hydroxyl groups is 1. The molecule has 0 radical (unpaired) electrons. The van der Waals surface area contributed by atoms with Crippen LogP contribution < -0.4 is 5.30 Å². The number of halogens is 2. The molecular formula is C12H17Cl2O3PPd. The summed E-state index contributed by atoms with van der Waals surface area (Å²) in [5.41, 5.74) is 0.0943. The molecule has 0 saturated carbocycles. The van der Waals surface area contributed by atoms with Crippen molar-refractivity contribution >= 4 is 39.6 Å². The fraction of sp³-hybridized carbons (Fsp3) is 0.250. The predicted molar refractivity (Wildman–Crippen MR) is 80.4 cm³/mol. The minimum atomic E-state index is -0.528. The van der Waals surface area contributed by atoms with Crippen LogP contribution in [0.1, 0.15) is 6.92 Å². The summed E-state index contributed by atoms with van der Waals surface area (Å²) in [5.74, 6) is -0.528. The summed E-state index contributed by atoms with van der Waals surface area (Å²) in [6, 6.07) is 10.1. The van der Waals surface area contributed by atoms with Gasteiger partial charge in [0.15, 0.2) is 0 Å². The van der Waals surface area contributed by atoms with E-state index < -0.39 is 5.97 Å². The third-order valence-electron chi connectivity index (χ3n) is 1.55. The fourth-order valence-electron chi connectivity index (χ4n) is 0.751. The van der Waals surface area contributed by atoms with E-state index in [1.54, 1.807) is 6.92 Å². The Balaban J connectivity index is 0. The average molecular weight is 418 g/mol. The maximum absolute atomic E-state index is 10.5. The molecule has 0 saturated heterocycles. The van der Waals surface area contributed by atoms with E-state index in [2.05, 4.69) is 20.6 Å². The molecule has 7 heteroatoms. The number of hydrogen-bond acceptors (Lipinski definition) is 3. The first kappa shape index (κ1) is 21.4. The van der Waals surface area contributed by atoms with E-state index in [0.29, 0.717) is 6.61 Å². The van der Waals surface area contributed by atoms with Crippen molar-refractivity contribution in [2.75, 3.05) is 13.2 Å². The van der Waals surface area contributed by atoms with Crippen molar-refractivity contribution in [2.45, 2.75) is 6.92 Å². The summed E-state index contributed by atoms with van der Waals surface area (Å²) in [6.07, 6.45) is 0. The van der Waals surface area contributed by atoms with Crippen molar-refractivity contribution in [2.24, 2.45) is 0 Å². The second kappa shape index (κ2) is 16.1. The zero-order valence-electron chi connectivity index (χ0n) is 10.4. The molecule has 1 N–H and O–H groups in total. The Morgan fingerprint density at radius 3 is 2.16 bits per heavy atom. The monoisotopic (exact) mass is 416 g/mol. The van der Waals surface area contributed by atoms with Crippen LogP contribution in [0.2, 0.25) is 0 Å². The van der Waals surface area contributed by atoms with Gasteiger partial charge in [-0.3, -0.25) is 0 Å². The van der Waals surface area contributed by atoms with Crippen molar-refractivity contribution in [3.8, 4) is 0 Å². The van der Waals surface area contributed by atoms with Gasteiger partial charge in [0.2, 0.25) is 0 Å². The zero-order valence-corrected chi connectivity index (χ0v) is 14.6. The molecule has 0 aromatic heterocycles. The van der Waals surface area contributed by atoms with Crippen molar-refractivity contribution in [1.29, 1.82) is 0 Å². The summed E-state index contributed by atoms with van der Waals surface area (Å²) >= 11 is -0.106. The van der Waals surface area contributed by atoms with Gasteiger partial charge in [0.05, 0.1) is 18.8 Å². The second-order valence-electron chi connectivity index (χ2n) is 2.94. The van der Waals surface area contributed by atoms with Gasteiger partial charge in [-0.15, -0.1) is 9.24 Å². The van der Waals surface area contributed by atoms with Gasteiger partial charge in [0.1, 0.15) is 0 Å². The van der Waals surface area contributed by atoms with Crippen LogP contribution in [0, 0.1) is 0 Å². The summed E-state index contributed by atoms with van der Waals surface area (Å²) in [5, 5.41) is 9.57. The molecule has 1 aromatic rings. The van der Waals surface area contributed by atoms with Gasteiger partial charge in [0.25, 0.3) is 0 Å². The van der Waals surface area contributed by atoms with E-state index in [9.17, 15) is 4.79 Å². The van der Waals surface area contributed by atoms with Crippen molar-refractivity contribution < 1.29 is 30.6 Å². The van der Waals surface area contributed by atoms with Crippen molar-refractivity contribution in [3.05, 3.63) is 42.5 Å². The molecule has 1 unspecified atom stereocenters. The molecule has 0 aliphatic heterocycles. The Labute approximate surface area is 132 Å². The second-order valence-corrected chi connectivity index (χ2v) is 5.96. The van der Waals surface area contributed by atoms with Crippen LogP contribution in [0.3, 0.4) is 0 Å². The maximum atomic E-state index is 10.5. The van der Waals surface area contributed by atoms with Crippen LogP contribution in [-0.2, 0) is 25.5 Å². The standard InChI is InChI=1S/C6H10O3.C6H7P.2ClH.Pd/c1-3-9-6(8)5(2)4-7;7-6-4-2-1-3-5-6;;;/h7H,2-4H2,1H3;1-5H,7H2;2*1H;/q;;;;+2/p-2. The Hall–Kier alpha value is 0.0623. The molecule has 0 bridgehead atoms. The Morgan fingerprint density at radius 2 is 1.89 bits per heavy atom. The van der Waals surface area contributed by atoms with Crippen LogP contribution in [0.4, 0.5) is 0 Å². The first-order valence-electron chi connectivity index (χ1n) is 5.12. The summed E-state index contributed by atoms with van der Waals surface area (Å²) in [6.45, 7) is 4.95. The van der Waals surface area contributed by atoms with E-state index in [1.165, 1.54) is 5.30 Å². The van der Waals surface area contributed by atoms with Gasteiger partial charge in [-0.25, -0.2) is 4.79 Å². The molecule has 1 atom stereocenters. The number of esters is 1.